The average molecular weight is 252 g/mol. The Labute approximate surface area is 105 Å². The van der Waals surface area contributed by atoms with E-state index >= 15 is 0 Å². The van der Waals surface area contributed by atoms with E-state index in [1.165, 1.54) is 6.07 Å². The third kappa shape index (κ3) is 3.53. The van der Waals surface area contributed by atoms with E-state index in [1.54, 1.807) is 26.0 Å². The Balaban J connectivity index is 2.86. The number of aryl methyl sites for hydroxylation is 1. The molecule has 0 bridgehead atoms. The summed E-state index contributed by atoms with van der Waals surface area (Å²) in [5.41, 5.74) is 0.320. The molecule has 0 radical (unpaired) electrons. The number of benzene rings is 1. The molecule has 6 heteroatoms. The molecular formula is C12H16N2O4. The molecule has 18 heavy (non-hydrogen) atoms. The smallest absolute Gasteiger partial charge is 0.285 e. The third-order valence-corrected chi connectivity index (χ3v) is 2.51. The van der Waals surface area contributed by atoms with Gasteiger partial charge in [0.25, 0.3) is 11.6 Å². The lowest BCUT2D eigenvalue weighted by Gasteiger charge is -2.08. The van der Waals surface area contributed by atoms with E-state index in [0.29, 0.717) is 12.0 Å². The fraction of sp³-hybridized carbons (Fsp3) is 0.417. The SMILES string of the molecule is Cc1cccc(C(=O)NCCC(C)O)c1[N+](=O)[O-]. The molecule has 0 aromatic heterocycles. The van der Waals surface area contributed by atoms with Crippen molar-refractivity contribution >= 4 is 11.6 Å². The van der Waals surface area contributed by atoms with E-state index in [2.05, 4.69) is 5.32 Å². The maximum Gasteiger partial charge on any atom is 0.285 e. The number of para-hydroxylation sites is 1. The first-order valence-electron chi connectivity index (χ1n) is 5.63. The van der Waals surface area contributed by atoms with Crippen LogP contribution in [0.5, 0.6) is 0 Å². The molecule has 0 aliphatic carbocycles. The number of aliphatic hydroxyl groups excluding tert-OH is 1. The summed E-state index contributed by atoms with van der Waals surface area (Å²) >= 11 is 0. The maximum atomic E-state index is 11.8. The molecule has 2 N–H and O–H groups in total. The topological polar surface area (TPSA) is 92.5 Å². The van der Waals surface area contributed by atoms with E-state index < -0.39 is 16.9 Å². The molecule has 1 amide bonds. The zero-order valence-corrected chi connectivity index (χ0v) is 10.3. The Hall–Kier alpha value is -1.95. The standard InChI is InChI=1S/C12H16N2O4/c1-8-4-3-5-10(11(8)14(17)18)12(16)13-7-6-9(2)15/h3-5,9,15H,6-7H2,1-2H3,(H,13,16). The fourth-order valence-electron chi connectivity index (χ4n) is 1.57. The minimum Gasteiger partial charge on any atom is -0.393 e. The normalized spacial score (nSPS) is 11.9. The van der Waals surface area contributed by atoms with Crippen LogP contribution in [0.4, 0.5) is 5.69 Å². The van der Waals surface area contributed by atoms with Crippen LogP contribution in [0.2, 0.25) is 0 Å². The van der Waals surface area contributed by atoms with E-state index in [0.717, 1.165) is 0 Å². The predicted molar refractivity (Wildman–Crippen MR) is 66.5 cm³/mol. The van der Waals surface area contributed by atoms with Crippen LogP contribution in [0.15, 0.2) is 18.2 Å². The number of nitro groups is 1. The van der Waals surface area contributed by atoms with Gasteiger partial charge in [-0.3, -0.25) is 14.9 Å². The zero-order chi connectivity index (χ0) is 13.7. The van der Waals surface area contributed by atoms with Crippen molar-refractivity contribution in [3.63, 3.8) is 0 Å². The van der Waals surface area contributed by atoms with E-state index in [9.17, 15) is 14.9 Å². The lowest BCUT2D eigenvalue weighted by Crippen LogP contribution is -2.27. The molecule has 6 nitrogen and oxygen atoms in total. The maximum absolute atomic E-state index is 11.8. The van der Waals surface area contributed by atoms with Gasteiger partial charge in [0, 0.05) is 12.1 Å². The van der Waals surface area contributed by atoms with Crippen molar-refractivity contribution in [2.24, 2.45) is 0 Å². The Kier molecular flexibility index (Phi) is 4.79. The van der Waals surface area contributed by atoms with Gasteiger partial charge < -0.3 is 10.4 Å². The number of amides is 1. The molecule has 1 aromatic carbocycles. The quantitative estimate of drug-likeness (QED) is 0.612. The van der Waals surface area contributed by atoms with E-state index in [4.69, 9.17) is 5.11 Å². The number of carbonyl (C=O) groups is 1. The summed E-state index contributed by atoms with van der Waals surface area (Å²) in [6.45, 7) is 3.48. The Morgan fingerprint density at radius 3 is 2.78 bits per heavy atom. The van der Waals surface area contributed by atoms with Gasteiger partial charge in [-0.25, -0.2) is 0 Å². The van der Waals surface area contributed by atoms with Gasteiger partial charge in [-0.2, -0.15) is 0 Å². The van der Waals surface area contributed by atoms with Gasteiger partial charge in [-0.1, -0.05) is 12.1 Å². The molecule has 0 spiro atoms. The van der Waals surface area contributed by atoms with Crippen LogP contribution in [-0.2, 0) is 0 Å². The summed E-state index contributed by atoms with van der Waals surface area (Å²) in [5, 5.41) is 22.5. The summed E-state index contributed by atoms with van der Waals surface area (Å²) < 4.78 is 0. The largest absolute Gasteiger partial charge is 0.393 e. The number of nitrogens with one attached hydrogen (secondary N) is 1. The number of nitro benzene ring substituents is 1. The monoisotopic (exact) mass is 252 g/mol. The molecule has 1 atom stereocenters. The van der Waals surface area contributed by atoms with Crippen LogP contribution in [0.1, 0.15) is 29.3 Å². The molecule has 1 rings (SSSR count). The summed E-state index contributed by atoms with van der Waals surface area (Å²) in [6, 6.07) is 4.61. The van der Waals surface area contributed by atoms with Crippen LogP contribution < -0.4 is 5.32 Å². The lowest BCUT2D eigenvalue weighted by atomic mass is 10.1. The number of carbonyl (C=O) groups excluding carboxylic acids is 1. The van der Waals surface area contributed by atoms with Gasteiger partial charge in [-0.15, -0.1) is 0 Å². The minimum absolute atomic E-state index is 0.0468. The Bertz CT molecular complexity index is 457. The van der Waals surface area contributed by atoms with E-state index in [1.807, 2.05) is 0 Å². The second kappa shape index (κ2) is 6.11. The fourth-order valence-corrected chi connectivity index (χ4v) is 1.57. The van der Waals surface area contributed by atoms with Crippen molar-refractivity contribution in [1.29, 1.82) is 0 Å². The molecule has 0 aliphatic heterocycles. The first-order valence-corrected chi connectivity index (χ1v) is 5.63. The van der Waals surface area contributed by atoms with Gasteiger partial charge in [0.1, 0.15) is 5.56 Å². The highest BCUT2D eigenvalue weighted by atomic mass is 16.6. The number of aliphatic hydroxyl groups is 1. The number of hydrogen-bond acceptors (Lipinski definition) is 4. The van der Waals surface area contributed by atoms with Crippen molar-refractivity contribution in [3.8, 4) is 0 Å². The van der Waals surface area contributed by atoms with Gasteiger partial charge in [-0.05, 0) is 26.3 Å². The van der Waals surface area contributed by atoms with Crippen LogP contribution in [-0.4, -0.2) is 28.6 Å². The third-order valence-electron chi connectivity index (χ3n) is 2.51. The predicted octanol–water partition coefficient (Wildman–Crippen LogP) is 1.40. The molecule has 0 saturated carbocycles. The number of rotatable bonds is 5. The highest BCUT2D eigenvalue weighted by molar-refractivity contribution is 5.98. The van der Waals surface area contributed by atoms with Gasteiger partial charge in [0.05, 0.1) is 11.0 Å². The molecule has 0 fully saturated rings. The minimum atomic E-state index is -0.557. The first kappa shape index (κ1) is 14.1. The van der Waals surface area contributed by atoms with E-state index in [-0.39, 0.29) is 17.8 Å². The highest BCUT2D eigenvalue weighted by Crippen LogP contribution is 2.22. The molecule has 1 unspecified atom stereocenters. The average Bonchev–Trinajstić information content (AvgIpc) is 2.27. The number of nitrogens with zero attached hydrogens (tertiary/aromatic N) is 1. The van der Waals surface area contributed by atoms with Gasteiger partial charge in [0.2, 0.25) is 0 Å². The molecular weight excluding hydrogens is 236 g/mol. The van der Waals surface area contributed by atoms with Gasteiger partial charge >= 0.3 is 0 Å². The molecule has 1 aromatic rings. The van der Waals surface area contributed by atoms with Gasteiger partial charge in [0.15, 0.2) is 0 Å². The molecule has 0 heterocycles. The highest BCUT2D eigenvalue weighted by Gasteiger charge is 2.21. The Morgan fingerprint density at radius 1 is 1.56 bits per heavy atom. The summed E-state index contributed by atoms with van der Waals surface area (Å²) in [4.78, 5) is 22.2. The summed E-state index contributed by atoms with van der Waals surface area (Å²) in [7, 11) is 0. The summed E-state index contributed by atoms with van der Waals surface area (Å²) in [5.74, 6) is -0.494. The molecule has 0 saturated heterocycles. The molecule has 0 aliphatic rings. The van der Waals surface area contributed by atoms with Crippen molar-refractivity contribution in [1.82, 2.24) is 5.32 Å². The second-order valence-corrected chi connectivity index (χ2v) is 4.12. The van der Waals surface area contributed by atoms with Crippen molar-refractivity contribution < 1.29 is 14.8 Å². The molecule has 98 valence electrons. The van der Waals surface area contributed by atoms with Crippen molar-refractivity contribution in [3.05, 3.63) is 39.4 Å². The zero-order valence-electron chi connectivity index (χ0n) is 10.3. The van der Waals surface area contributed by atoms with Crippen LogP contribution in [0.25, 0.3) is 0 Å². The van der Waals surface area contributed by atoms with Crippen LogP contribution >= 0.6 is 0 Å². The first-order chi connectivity index (χ1) is 8.43. The van der Waals surface area contributed by atoms with Crippen LogP contribution in [0.3, 0.4) is 0 Å². The Morgan fingerprint density at radius 2 is 2.22 bits per heavy atom. The second-order valence-electron chi connectivity index (χ2n) is 4.12. The number of hydrogen-bond donors (Lipinski definition) is 2. The van der Waals surface area contributed by atoms with Crippen LogP contribution in [0, 0.1) is 17.0 Å². The van der Waals surface area contributed by atoms with Crippen molar-refractivity contribution in [2.45, 2.75) is 26.4 Å². The lowest BCUT2D eigenvalue weighted by molar-refractivity contribution is -0.385. The summed E-state index contributed by atoms with van der Waals surface area (Å²) in [6.07, 6.45) is -0.108. The van der Waals surface area contributed by atoms with Crippen molar-refractivity contribution in [2.75, 3.05) is 6.54 Å².